The van der Waals surface area contributed by atoms with Crippen molar-refractivity contribution in [2.75, 3.05) is 29.8 Å². The predicted molar refractivity (Wildman–Crippen MR) is 139 cm³/mol. The second-order valence-corrected chi connectivity index (χ2v) is 10.9. The monoisotopic (exact) mass is 517 g/mol. The number of benzene rings is 2. The molecule has 1 aliphatic heterocycles. The lowest BCUT2D eigenvalue weighted by Gasteiger charge is -2.32. The van der Waals surface area contributed by atoms with Gasteiger partial charge in [-0.3, -0.25) is 13.9 Å². The van der Waals surface area contributed by atoms with Crippen LogP contribution >= 0.6 is 0 Å². The second-order valence-electron chi connectivity index (χ2n) is 8.74. The zero-order valence-corrected chi connectivity index (χ0v) is 22.1. The Bertz CT molecular complexity index is 1160. The van der Waals surface area contributed by atoms with Gasteiger partial charge in [0.15, 0.2) is 11.5 Å². The van der Waals surface area contributed by atoms with E-state index in [1.54, 1.807) is 25.1 Å². The maximum atomic E-state index is 13.7. The van der Waals surface area contributed by atoms with Crippen LogP contribution in [0, 0.1) is 0 Å². The zero-order chi connectivity index (χ0) is 26.3. The Balaban J connectivity index is 1.92. The van der Waals surface area contributed by atoms with Crippen molar-refractivity contribution in [1.82, 2.24) is 10.2 Å². The van der Waals surface area contributed by atoms with E-state index in [-0.39, 0.29) is 24.2 Å². The maximum Gasteiger partial charge on any atom is 0.244 e. The minimum absolute atomic E-state index is 0.0525. The van der Waals surface area contributed by atoms with Gasteiger partial charge in [0.25, 0.3) is 0 Å². The fourth-order valence-electron chi connectivity index (χ4n) is 3.74. The molecule has 0 saturated heterocycles. The van der Waals surface area contributed by atoms with Crippen molar-refractivity contribution in [3.63, 3.8) is 0 Å². The Morgan fingerprint density at radius 1 is 1.00 bits per heavy atom. The van der Waals surface area contributed by atoms with E-state index in [1.807, 2.05) is 44.2 Å². The van der Waals surface area contributed by atoms with E-state index in [4.69, 9.17) is 9.47 Å². The quantitative estimate of drug-likeness (QED) is 0.491. The number of nitrogens with one attached hydrogen (secondary N) is 1. The number of nitrogens with zero attached hydrogens (tertiary/aromatic N) is 2. The van der Waals surface area contributed by atoms with Gasteiger partial charge in [-0.05, 0) is 44.9 Å². The summed E-state index contributed by atoms with van der Waals surface area (Å²) in [6.45, 7) is 7.50. The summed E-state index contributed by atoms with van der Waals surface area (Å²) >= 11 is 0. The molecule has 0 aromatic heterocycles. The van der Waals surface area contributed by atoms with E-state index in [9.17, 15) is 18.0 Å². The number of anilines is 1. The van der Waals surface area contributed by atoms with Gasteiger partial charge < -0.3 is 19.7 Å². The number of sulfonamides is 1. The lowest BCUT2D eigenvalue weighted by Crippen LogP contribution is -2.52. The number of rotatable bonds is 11. The molecule has 2 atom stereocenters. The lowest BCUT2D eigenvalue weighted by atomic mass is 10.1. The van der Waals surface area contributed by atoms with Gasteiger partial charge in [-0.2, -0.15) is 0 Å². The Labute approximate surface area is 213 Å². The van der Waals surface area contributed by atoms with Gasteiger partial charge >= 0.3 is 0 Å². The molecule has 3 rings (SSSR count). The van der Waals surface area contributed by atoms with Crippen molar-refractivity contribution in [1.29, 1.82) is 0 Å². The van der Waals surface area contributed by atoms with Crippen LogP contribution in [0.3, 0.4) is 0 Å². The first kappa shape index (κ1) is 27.3. The molecule has 2 aromatic rings. The number of fused-ring (bicyclic) bond motifs is 1. The minimum atomic E-state index is -3.82. The molecule has 0 unspecified atom stereocenters. The number of carbonyl (C=O) groups is 2. The van der Waals surface area contributed by atoms with E-state index in [2.05, 4.69) is 5.32 Å². The molecule has 0 fully saturated rings. The van der Waals surface area contributed by atoms with Gasteiger partial charge in [-0.1, -0.05) is 37.3 Å². The van der Waals surface area contributed by atoms with Crippen molar-refractivity contribution in [3.8, 4) is 11.5 Å². The van der Waals surface area contributed by atoms with Gasteiger partial charge in [0.1, 0.15) is 25.8 Å². The lowest BCUT2D eigenvalue weighted by molar-refractivity contribution is -0.139. The molecule has 9 nitrogen and oxygen atoms in total. The van der Waals surface area contributed by atoms with Crippen LogP contribution in [0.5, 0.6) is 11.5 Å². The number of amides is 2. The second kappa shape index (κ2) is 12.1. The number of hydrogen-bond acceptors (Lipinski definition) is 6. The molecule has 10 heteroatoms. The van der Waals surface area contributed by atoms with Crippen LogP contribution in [0.25, 0.3) is 0 Å². The Morgan fingerprint density at radius 2 is 1.67 bits per heavy atom. The smallest absolute Gasteiger partial charge is 0.244 e. The third-order valence-electron chi connectivity index (χ3n) is 6.16. The van der Waals surface area contributed by atoms with Gasteiger partial charge in [-0.15, -0.1) is 0 Å². The maximum absolute atomic E-state index is 13.7. The standard InChI is InChI=1S/C26H35N3O6S/c1-5-19(3)27-26(31)20(4)28(17-21-10-8-7-9-11-21)25(30)18-29(36(32,33)6-2)22-12-13-23-24(16-22)35-15-14-34-23/h7-13,16,19-20H,5-6,14-15,17-18H2,1-4H3,(H,27,31)/t19-,20-/m1/s1. The fourth-order valence-corrected chi connectivity index (χ4v) is 4.79. The molecule has 0 saturated carbocycles. The van der Waals surface area contributed by atoms with Gasteiger partial charge in [0.2, 0.25) is 21.8 Å². The summed E-state index contributed by atoms with van der Waals surface area (Å²) in [6, 6.07) is 13.2. The van der Waals surface area contributed by atoms with Crippen molar-refractivity contribution in [2.24, 2.45) is 0 Å². The Hall–Kier alpha value is -3.27. The van der Waals surface area contributed by atoms with E-state index in [1.165, 1.54) is 11.8 Å². The Kier molecular flexibility index (Phi) is 9.19. The highest BCUT2D eigenvalue weighted by molar-refractivity contribution is 7.92. The first-order chi connectivity index (χ1) is 17.2. The summed E-state index contributed by atoms with van der Waals surface area (Å²) in [5.74, 6) is -0.0381. The molecule has 1 N–H and O–H groups in total. The SMILES string of the molecule is CC[C@@H](C)NC(=O)[C@@H](C)N(Cc1ccccc1)C(=O)CN(c1ccc2c(c1)OCCO2)S(=O)(=O)CC. The van der Waals surface area contributed by atoms with Gasteiger partial charge in [0.05, 0.1) is 11.4 Å². The third kappa shape index (κ3) is 6.69. The van der Waals surface area contributed by atoms with Crippen molar-refractivity contribution in [2.45, 2.75) is 52.7 Å². The fraction of sp³-hybridized carbons (Fsp3) is 0.462. The Morgan fingerprint density at radius 3 is 2.31 bits per heavy atom. The van der Waals surface area contributed by atoms with E-state index in [0.717, 1.165) is 16.3 Å². The van der Waals surface area contributed by atoms with Crippen LogP contribution in [0.4, 0.5) is 5.69 Å². The third-order valence-corrected chi connectivity index (χ3v) is 7.90. The highest BCUT2D eigenvalue weighted by atomic mass is 32.2. The van der Waals surface area contributed by atoms with E-state index in [0.29, 0.717) is 30.4 Å². The topological polar surface area (TPSA) is 105 Å². The molecule has 196 valence electrons. The molecule has 36 heavy (non-hydrogen) atoms. The molecule has 2 amide bonds. The van der Waals surface area contributed by atoms with Gasteiger partial charge in [-0.25, -0.2) is 8.42 Å². The number of hydrogen-bond donors (Lipinski definition) is 1. The first-order valence-electron chi connectivity index (χ1n) is 12.2. The molecule has 1 heterocycles. The summed E-state index contributed by atoms with van der Waals surface area (Å²) in [5, 5.41) is 2.92. The first-order valence-corrected chi connectivity index (χ1v) is 13.8. The molecule has 0 spiro atoms. The summed E-state index contributed by atoms with van der Waals surface area (Å²) in [7, 11) is -3.82. The molecule has 0 radical (unpaired) electrons. The van der Waals surface area contributed by atoms with Crippen molar-refractivity contribution in [3.05, 3.63) is 54.1 Å². The molecule has 0 aliphatic carbocycles. The van der Waals surface area contributed by atoms with Crippen LogP contribution in [-0.2, 0) is 26.2 Å². The predicted octanol–water partition coefficient (Wildman–Crippen LogP) is 2.95. The average Bonchev–Trinajstić information content (AvgIpc) is 2.89. The van der Waals surface area contributed by atoms with Crippen molar-refractivity contribution < 1.29 is 27.5 Å². The summed E-state index contributed by atoms with van der Waals surface area (Å²) in [4.78, 5) is 28.0. The minimum Gasteiger partial charge on any atom is -0.486 e. The van der Waals surface area contributed by atoms with Crippen LogP contribution in [0.1, 0.15) is 39.7 Å². The van der Waals surface area contributed by atoms with Gasteiger partial charge in [0, 0.05) is 18.7 Å². The van der Waals surface area contributed by atoms with Crippen LogP contribution in [0.15, 0.2) is 48.5 Å². The molecule has 2 aromatic carbocycles. The number of ether oxygens (including phenoxy) is 2. The van der Waals surface area contributed by atoms with Crippen LogP contribution < -0.4 is 19.1 Å². The van der Waals surface area contributed by atoms with Crippen LogP contribution in [0.2, 0.25) is 0 Å². The van der Waals surface area contributed by atoms with Crippen LogP contribution in [-0.4, -0.2) is 62.7 Å². The number of carbonyl (C=O) groups excluding carboxylic acids is 2. The average molecular weight is 518 g/mol. The molecule has 1 aliphatic rings. The molecular weight excluding hydrogens is 482 g/mol. The normalized spacial score (nSPS) is 14.4. The molecule has 0 bridgehead atoms. The largest absolute Gasteiger partial charge is 0.486 e. The van der Waals surface area contributed by atoms with E-state index >= 15 is 0 Å². The highest BCUT2D eigenvalue weighted by Gasteiger charge is 2.31. The summed E-state index contributed by atoms with van der Waals surface area (Å²) < 4.78 is 38.4. The highest BCUT2D eigenvalue weighted by Crippen LogP contribution is 2.35. The van der Waals surface area contributed by atoms with E-state index < -0.39 is 28.5 Å². The summed E-state index contributed by atoms with van der Waals surface area (Å²) in [5.41, 5.74) is 1.13. The summed E-state index contributed by atoms with van der Waals surface area (Å²) in [6.07, 6.45) is 0.748. The molecular formula is C26H35N3O6S. The zero-order valence-electron chi connectivity index (χ0n) is 21.3. The van der Waals surface area contributed by atoms with Crippen molar-refractivity contribution >= 4 is 27.5 Å².